The van der Waals surface area contributed by atoms with Gasteiger partial charge in [0.15, 0.2) is 5.82 Å². The monoisotopic (exact) mass is 289 g/mol. The highest BCUT2D eigenvalue weighted by Gasteiger charge is 2.09. The first-order chi connectivity index (χ1) is 10.2. The SMILES string of the molecule is CCCCCNC(=O)c1cc(Nc2cc(C)on2)ncn1. The fourth-order valence-electron chi connectivity index (χ4n) is 1.77. The Labute approximate surface area is 123 Å². The van der Waals surface area contributed by atoms with Gasteiger partial charge >= 0.3 is 0 Å². The Morgan fingerprint density at radius 1 is 1.24 bits per heavy atom. The Kier molecular flexibility index (Phi) is 5.25. The maximum Gasteiger partial charge on any atom is 0.270 e. The third-order valence-electron chi connectivity index (χ3n) is 2.85. The van der Waals surface area contributed by atoms with E-state index >= 15 is 0 Å². The molecular formula is C14H19N5O2. The summed E-state index contributed by atoms with van der Waals surface area (Å²) >= 11 is 0. The molecule has 0 atom stereocenters. The highest BCUT2D eigenvalue weighted by Crippen LogP contribution is 2.14. The summed E-state index contributed by atoms with van der Waals surface area (Å²) in [5.74, 6) is 1.53. The number of nitrogens with one attached hydrogen (secondary N) is 2. The van der Waals surface area contributed by atoms with Crippen molar-refractivity contribution in [3.05, 3.63) is 29.9 Å². The van der Waals surface area contributed by atoms with E-state index < -0.39 is 0 Å². The van der Waals surface area contributed by atoms with Crippen LogP contribution in [0.15, 0.2) is 23.0 Å². The normalized spacial score (nSPS) is 10.4. The topological polar surface area (TPSA) is 92.9 Å². The fraction of sp³-hybridized carbons (Fsp3) is 0.429. The second-order valence-electron chi connectivity index (χ2n) is 4.70. The molecule has 0 radical (unpaired) electrons. The average molecular weight is 289 g/mol. The molecule has 7 heteroatoms. The first-order valence-electron chi connectivity index (χ1n) is 6.99. The smallest absolute Gasteiger partial charge is 0.270 e. The van der Waals surface area contributed by atoms with Gasteiger partial charge in [-0.2, -0.15) is 0 Å². The lowest BCUT2D eigenvalue weighted by Gasteiger charge is -2.05. The van der Waals surface area contributed by atoms with E-state index in [0.29, 0.717) is 29.6 Å². The number of carbonyl (C=O) groups is 1. The van der Waals surface area contributed by atoms with Gasteiger partial charge in [0.1, 0.15) is 23.6 Å². The maximum atomic E-state index is 12.0. The zero-order valence-corrected chi connectivity index (χ0v) is 12.2. The van der Waals surface area contributed by atoms with Crippen molar-refractivity contribution in [1.82, 2.24) is 20.4 Å². The molecule has 0 bridgehead atoms. The van der Waals surface area contributed by atoms with Gasteiger partial charge in [-0.3, -0.25) is 4.79 Å². The van der Waals surface area contributed by atoms with Crippen LogP contribution >= 0.6 is 0 Å². The van der Waals surface area contributed by atoms with Crippen LogP contribution in [0.2, 0.25) is 0 Å². The molecule has 1 amide bonds. The molecule has 7 nitrogen and oxygen atoms in total. The predicted octanol–water partition coefficient (Wildman–Crippen LogP) is 2.44. The van der Waals surface area contributed by atoms with Crippen LogP contribution in [0, 0.1) is 6.92 Å². The van der Waals surface area contributed by atoms with Gasteiger partial charge in [-0.25, -0.2) is 9.97 Å². The van der Waals surface area contributed by atoms with Gasteiger partial charge in [0, 0.05) is 18.7 Å². The number of nitrogens with zero attached hydrogens (tertiary/aromatic N) is 3. The molecule has 0 aliphatic rings. The number of unbranched alkanes of at least 4 members (excludes halogenated alkanes) is 2. The molecule has 2 rings (SSSR count). The lowest BCUT2D eigenvalue weighted by molar-refractivity contribution is 0.0948. The maximum absolute atomic E-state index is 12.0. The van der Waals surface area contributed by atoms with E-state index in [-0.39, 0.29) is 5.91 Å². The van der Waals surface area contributed by atoms with Gasteiger partial charge in [0.25, 0.3) is 5.91 Å². The van der Waals surface area contributed by atoms with Crippen molar-refractivity contribution in [2.45, 2.75) is 33.1 Å². The fourth-order valence-corrected chi connectivity index (χ4v) is 1.77. The largest absolute Gasteiger partial charge is 0.360 e. The van der Waals surface area contributed by atoms with Crippen LogP contribution in [0.1, 0.15) is 42.4 Å². The molecule has 0 aliphatic heterocycles. The molecule has 0 saturated heterocycles. The van der Waals surface area contributed by atoms with Crippen LogP contribution < -0.4 is 10.6 Å². The van der Waals surface area contributed by atoms with Crippen LogP contribution in [0.5, 0.6) is 0 Å². The summed E-state index contributed by atoms with van der Waals surface area (Å²) in [4.78, 5) is 20.0. The van der Waals surface area contributed by atoms with Crippen molar-refractivity contribution in [2.75, 3.05) is 11.9 Å². The van der Waals surface area contributed by atoms with E-state index in [0.717, 1.165) is 19.3 Å². The number of aryl methyl sites for hydroxylation is 1. The molecule has 0 spiro atoms. The Balaban J connectivity index is 1.95. The van der Waals surface area contributed by atoms with Crippen LogP contribution in [-0.4, -0.2) is 27.6 Å². The highest BCUT2D eigenvalue weighted by atomic mass is 16.5. The average Bonchev–Trinajstić information content (AvgIpc) is 2.89. The van der Waals surface area contributed by atoms with E-state index in [4.69, 9.17) is 4.52 Å². The number of anilines is 2. The van der Waals surface area contributed by atoms with Crippen LogP contribution in [-0.2, 0) is 0 Å². The molecule has 0 aliphatic carbocycles. The minimum absolute atomic E-state index is 0.201. The number of amides is 1. The standard InChI is InChI=1S/C14H19N5O2/c1-3-4-5-6-15-14(20)11-8-12(17-9-16-11)18-13-7-10(2)21-19-13/h7-9H,3-6H2,1-2H3,(H,15,20)(H,16,17,18,19). The molecule has 2 aromatic heterocycles. The van der Waals surface area contributed by atoms with Gasteiger partial charge < -0.3 is 15.2 Å². The molecule has 2 N–H and O–H groups in total. The van der Waals surface area contributed by atoms with Crippen molar-refractivity contribution in [3.8, 4) is 0 Å². The number of hydrogen-bond donors (Lipinski definition) is 2. The van der Waals surface area contributed by atoms with Gasteiger partial charge in [-0.05, 0) is 13.3 Å². The summed E-state index contributed by atoms with van der Waals surface area (Å²) < 4.78 is 4.96. The number of rotatable bonds is 7. The van der Waals surface area contributed by atoms with Gasteiger partial charge in [-0.1, -0.05) is 24.9 Å². The van der Waals surface area contributed by atoms with E-state index in [1.165, 1.54) is 6.33 Å². The molecule has 112 valence electrons. The Morgan fingerprint density at radius 3 is 2.81 bits per heavy atom. The Morgan fingerprint density at radius 2 is 2.10 bits per heavy atom. The molecule has 2 heterocycles. The van der Waals surface area contributed by atoms with Crippen LogP contribution in [0.3, 0.4) is 0 Å². The van der Waals surface area contributed by atoms with Crippen molar-refractivity contribution in [3.63, 3.8) is 0 Å². The summed E-state index contributed by atoms with van der Waals surface area (Å²) in [6, 6.07) is 3.33. The number of aromatic nitrogens is 3. The van der Waals surface area contributed by atoms with Gasteiger partial charge in [0.05, 0.1) is 0 Å². The Hall–Kier alpha value is -2.44. The Bertz CT molecular complexity index is 597. The van der Waals surface area contributed by atoms with Gasteiger partial charge in [-0.15, -0.1) is 0 Å². The van der Waals surface area contributed by atoms with E-state index in [9.17, 15) is 4.79 Å². The minimum Gasteiger partial charge on any atom is -0.360 e. The predicted molar refractivity (Wildman–Crippen MR) is 78.4 cm³/mol. The molecule has 21 heavy (non-hydrogen) atoms. The second-order valence-corrected chi connectivity index (χ2v) is 4.70. The van der Waals surface area contributed by atoms with Crippen molar-refractivity contribution in [1.29, 1.82) is 0 Å². The van der Waals surface area contributed by atoms with Crippen LogP contribution in [0.25, 0.3) is 0 Å². The molecular weight excluding hydrogens is 270 g/mol. The summed E-state index contributed by atoms with van der Waals surface area (Å²) in [5, 5.41) is 9.61. The quantitative estimate of drug-likeness (QED) is 0.760. The third kappa shape index (κ3) is 4.55. The lowest BCUT2D eigenvalue weighted by Crippen LogP contribution is -2.25. The van der Waals surface area contributed by atoms with Crippen molar-refractivity contribution in [2.24, 2.45) is 0 Å². The summed E-state index contributed by atoms with van der Waals surface area (Å²) in [6.45, 7) is 4.57. The minimum atomic E-state index is -0.201. The highest BCUT2D eigenvalue weighted by molar-refractivity contribution is 5.92. The number of hydrogen-bond acceptors (Lipinski definition) is 6. The first kappa shape index (κ1) is 15.0. The summed E-state index contributed by atoms with van der Waals surface area (Å²) in [7, 11) is 0. The third-order valence-corrected chi connectivity index (χ3v) is 2.85. The molecule has 0 unspecified atom stereocenters. The molecule has 0 fully saturated rings. The lowest BCUT2D eigenvalue weighted by atomic mass is 10.2. The molecule has 2 aromatic rings. The first-order valence-corrected chi connectivity index (χ1v) is 6.99. The molecule has 0 aromatic carbocycles. The number of carbonyl (C=O) groups excluding carboxylic acids is 1. The van der Waals surface area contributed by atoms with Crippen molar-refractivity contribution >= 4 is 17.5 Å². The summed E-state index contributed by atoms with van der Waals surface area (Å²) in [5.41, 5.74) is 0.323. The van der Waals surface area contributed by atoms with E-state index in [1.54, 1.807) is 19.1 Å². The summed E-state index contributed by atoms with van der Waals surface area (Å²) in [6.07, 6.45) is 4.53. The zero-order valence-electron chi connectivity index (χ0n) is 12.2. The van der Waals surface area contributed by atoms with E-state index in [1.807, 2.05) is 0 Å². The van der Waals surface area contributed by atoms with Crippen molar-refractivity contribution < 1.29 is 9.32 Å². The second kappa shape index (κ2) is 7.37. The van der Waals surface area contributed by atoms with Gasteiger partial charge in [0.2, 0.25) is 0 Å². The molecule has 0 saturated carbocycles. The van der Waals surface area contributed by atoms with E-state index in [2.05, 4.69) is 32.7 Å². The van der Waals surface area contributed by atoms with Crippen LogP contribution in [0.4, 0.5) is 11.6 Å². The zero-order chi connectivity index (χ0) is 15.1.